The molecular formula is C17H19ClO4S. The van der Waals surface area contributed by atoms with E-state index < -0.39 is 37.8 Å². The van der Waals surface area contributed by atoms with Gasteiger partial charge in [-0.3, -0.25) is 4.79 Å². The van der Waals surface area contributed by atoms with Crippen molar-refractivity contribution in [3.63, 3.8) is 0 Å². The Morgan fingerprint density at radius 1 is 1.30 bits per heavy atom. The average molecular weight is 355 g/mol. The van der Waals surface area contributed by atoms with Crippen LogP contribution < -0.4 is 0 Å². The maximum atomic E-state index is 13.0. The highest BCUT2D eigenvalue weighted by Gasteiger charge is 2.64. The molecule has 2 bridgehead atoms. The summed E-state index contributed by atoms with van der Waals surface area (Å²) in [7, 11) is -3.69. The number of Topliss-reactive ketones (excluding diaryl/α,β-unsaturated/α-hetero) is 1. The van der Waals surface area contributed by atoms with Gasteiger partial charge >= 0.3 is 0 Å². The highest BCUT2D eigenvalue weighted by molar-refractivity contribution is 7.92. The van der Waals surface area contributed by atoms with E-state index in [1.54, 1.807) is 31.2 Å². The van der Waals surface area contributed by atoms with Gasteiger partial charge in [-0.05, 0) is 32.4 Å². The molecule has 0 aromatic heterocycles. The summed E-state index contributed by atoms with van der Waals surface area (Å²) in [4.78, 5) is 13.1. The van der Waals surface area contributed by atoms with Crippen molar-refractivity contribution in [2.75, 3.05) is 5.88 Å². The molecule has 4 nitrogen and oxygen atoms in total. The van der Waals surface area contributed by atoms with Crippen LogP contribution in [0.25, 0.3) is 0 Å². The summed E-state index contributed by atoms with van der Waals surface area (Å²) in [6.07, 6.45) is 1.90. The van der Waals surface area contributed by atoms with Crippen molar-refractivity contribution >= 4 is 27.2 Å². The van der Waals surface area contributed by atoms with Crippen LogP contribution in [0.4, 0.5) is 0 Å². The number of benzene rings is 1. The third-order valence-electron chi connectivity index (χ3n) is 5.30. The van der Waals surface area contributed by atoms with Gasteiger partial charge in [0.15, 0.2) is 15.6 Å². The molecule has 0 aliphatic heterocycles. The molecule has 0 saturated heterocycles. The number of halogens is 1. The fourth-order valence-electron chi connectivity index (χ4n) is 4.10. The quantitative estimate of drug-likeness (QED) is 0.668. The molecule has 124 valence electrons. The number of alkyl halides is 1. The Hall–Kier alpha value is -1.17. The summed E-state index contributed by atoms with van der Waals surface area (Å²) in [5.41, 5.74) is -2.12. The first-order chi connectivity index (χ1) is 10.7. The Labute approximate surface area is 141 Å². The Morgan fingerprint density at radius 3 is 2.48 bits per heavy atom. The zero-order valence-electron chi connectivity index (χ0n) is 13.0. The predicted octanol–water partition coefficient (Wildman–Crippen LogP) is 2.35. The molecule has 23 heavy (non-hydrogen) atoms. The second-order valence-corrected chi connectivity index (χ2v) is 9.09. The van der Waals surface area contributed by atoms with Crippen molar-refractivity contribution in [3.8, 4) is 0 Å². The third-order valence-corrected chi connectivity index (χ3v) is 8.07. The number of sulfone groups is 1. The fraction of sp³-hybridized carbons (Fsp3) is 0.471. The van der Waals surface area contributed by atoms with E-state index in [-0.39, 0.29) is 17.2 Å². The summed E-state index contributed by atoms with van der Waals surface area (Å²) in [6, 6.07) is 8.14. The van der Waals surface area contributed by atoms with Crippen LogP contribution in [0.5, 0.6) is 0 Å². The van der Waals surface area contributed by atoms with Gasteiger partial charge in [-0.15, -0.1) is 11.6 Å². The highest BCUT2D eigenvalue weighted by atomic mass is 35.5. The Bertz CT molecular complexity index is 786. The zero-order chi connectivity index (χ0) is 17.0. The van der Waals surface area contributed by atoms with Crippen LogP contribution in [-0.4, -0.2) is 36.0 Å². The van der Waals surface area contributed by atoms with Gasteiger partial charge in [-0.2, -0.15) is 0 Å². The molecule has 1 N–H and O–H groups in total. The normalized spacial score (nSPS) is 36.9. The minimum absolute atomic E-state index is 0.199. The van der Waals surface area contributed by atoms with Crippen LogP contribution in [0.1, 0.15) is 20.3 Å². The molecule has 0 spiro atoms. The standard InChI is InChI=1S/C17H19ClO4S/c1-11-9-16(2)14(8-13(11)17(20,10-18)15(16)19)23(21,22)12-6-4-3-5-7-12/h3-7,9,13-14,20H,8,10H2,1-2H3/t13-,14-,16-,17-/m0/s1. The van der Waals surface area contributed by atoms with Gasteiger partial charge in [-0.1, -0.05) is 29.8 Å². The molecule has 1 saturated carbocycles. The molecule has 4 atom stereocenters. The molecule has 0 heterocycles. The lowest BCUT2D eigenvalue weighted by atomic mass is 9.56. The number of rotatable bonds is 3. The number of fused-ring (bicyclic) bond motifs is 2. The first-order valence-corrected chi connectivity index (χ1v) is 9.57. The van der Waals surface area contributed by atoms with E-state index in [1.807, 2.05) is 6.92 Å². The first-order valence-electron chi connectivity index (χ1n) is 7.49. The summed E-state index contributed by atoms with van der Waals surface area (Å²) in [6.45, 7) is 3.41. The van der Waals surface area contributed by atoms with Gasteiger partial charge in [0.25, 0.3) is 0 Å². The van der Waals surface area contributed by atoms with Gasteiger partial charge < -0.3 is 5.11 Å². The van der Waals surface area contributed by atoms with E-state index in [2.05, 4.69) is 0 Å². The highest BCUT2D eigenvalue weighted by Crippen LogP contribution is 2.54. The van der Waals surface area contributed by atoms with Gasteiger partial charge in [-0.25, -0.2) is 8.42 Å². The second kappa shape index (κ2) is 5.16. The van der Waals surface area contributed by atoms with Crippen molar-refractivity contribution in [1.82, 2.24) is 0 Å². The molecule has 3 aliphatic carbocycles. The number of carbonyl (C=O) groups excluding carboxylic acids is 1. The number of hydrogen-bond donors (Lipinski definition) is 1. The average Bonchev–Trinajstić information content (AvgIpc) is 2.52. The van der Waals surface area contributed by atoms with E-state index in [4.69, 9.17) is 11.6 Å². The molecular weight excluding hydrogens is 336 g/mol. The summed E-state index contributed by atoms with van der Waals surface area (Å²) < 4.78 is 26.1. The fourth-order valence-corrected chi connectivity index (χ4v) is 6.53. The third kappa shape index (κ3) is 2.13. The minimum atomic E-state index is -3.69. The summed E-state index contributed by atoms with van der Waals surface area (Å²) in [5, 5.41) is 9.82. The van der Waals surface area contributed by atoms with Crippen LogP contribution in [0.3, 0.4) is 0 Å². The Kier molecular flexibility index (Phi) is 3.74. The van der Waals surface area contributed by atoms with Crippen molar-refractivity contribution < 1.29 is 18.3 Å². The molecule has 0 radical (unpaired) electrons. The van der Waals surface area contributed by atoms with Crippen molar-refractivity contribution in [3.05, 3.63) is 42.0 Å². The molecule has 4 rings (SSSR count). The Balaban J connectivity index is 2.15. The van der Waals surface area contributed by atoms with Crippen molar-refractivity contribution in [2.45, 2.75) is 36.0 Å². The van der Waals surface area contributed by atoms with Crippen LogP contribution in [-0.2, 0) is 14.6 Å². The maximum absolute atomic E-state index is 13.0. The van der Waals surface area contributed by atoms with Crippen LogP contribution >= 0.6 is 11.6 Å². The molecule has 0 amide bonds. The summed E-state index contributed by atoms with van der Waals surface area (Å²) >= 11 is 5.87. The molecule has 0 unspecified atom stereocenters. The number of carbonyl (C=O) groups is 1. The van der Waals surface area contributed by atoms with Crippen molar-refractivity contribution in [2.24, 2.45) is 11.3 Å². The monoisotopic (exact) mass is 354 g/mol. The van der Waals surface area contributed by atoms with Crippen molar-refractivity contribution in [1.29, 1.82) is 0 Å². The first kappa shape index (κ1) is 16.7. The topological polar surface area (TPSA) is 71.4 Å². The molecule has 6 heteroatoms. The smallest absolute Gasteiger partial charge is 0.182 e. The van der Waals surface area contributed by atoms with E-state index in [9.17, 15) is 18.3 Å². The summed E-state index contributed by atoms with van der Waals surface area (Å²) in [5.74, 6) is -1.28. The zero-order valence-corrected chi connectivity index (χ0v) is 14.6. The molecule has 1 aromatic rings. The minimum Gasteiger partial charge on any atom is -0.380 e. The van der Waals surface area contributed by atoms with Crippen LogP contribution in [0.15, 0.2) is 46.9 Å². The van der Waals surface area contributed by atoms with Gasteiger partial charge in [0.1, 0.15) is 5.60 Å². The Morgan fingerprint density at radius 2 is 1.91 bits per heavy atom. The molecule has 1 fully saturated rings. The maximum Gasteiger partial charge on any atom is 0.182 e. The van der Waals surface area contributed by atoms with Gasteiger partial charge in [0, 0.05) is 5.92 Å². The number of aliphatic hydroxyl groups is 1. The lowest BCUT2D eigenvalue weighted by Gasteiger charge is -2.53. The van der Waals surface area contributed by atoms with Gasteiger partial charge in [0.2, 0.25) is 0 Å². The van der Waals surface area contributed by atoms with Gasteiger partial charge in [0.05, 0.1) is 21.4 Å². The second-order valence-electron chi connectivity index (χ2n) is 6.69. The SMILES string of the molecule is CC1=C[C@]2(C)C(=O)[C@](O)(CCl)[C@H]1C[C@@H]2S(=O)(=O)c1ccccc1. The van der Waals surface area contributed by atoms with Crippen LogP contribution in [0, 0.1) is 11.3 Å². The van der Waals surface area contributed by atoms with E-state index in [0.29, 0.717) is 0 Å². The number of allylic oxidation sites excluding steroid dienone is 1. The van der Waals surface area contributed by atoms with E-state index in [0.717, 1.165) is 5.57 Å². The predicted molar refractivity (Wildman–Crippen MR) is 88.1 cm³/mol. The molecule has 3 aliphatic rings. The lowest BCUT2D eigenvalue weighted by Crippen LogP contribution is -2.66. The number of ketones is 1. The van der Waals surface area contributed by atoms with E-state index >= 15 is 0 Å². The molecule has 1 aromatic carbocycles. The number of hydrogen-bond acceptors (Lipinski definition) is 4. The van der Waals surface area contributed by atoms with E-state index in [1.165, 1.54) is 12.1 Å². The lowest BCUT2D eigenvalue weighted by molar-refractivity contribution is -0.154. The van der Waals surface area contributed by atoms with Crippen LogP contribution in [0.2, 0.25) is 0 Å². The largest absolute Gasteiger partial charge is 0.380 e.